The highest BCUT2D eigenvalue weighted by atomic mass is 19.4. The van der Waals surface area contributed by atoms with E-state index in [1.54, 1.807) is 24.3 Å². The van der Waals surface area contributed by atoms with Gasteiger partial charge in [-0.05, 0) is 42.3 Å². The van der Waals surface area contributed by atoms with Crippen LogP contribution in [0.2, 0.25) is 0 Å². The number of nitrogens with two attached hydrogens (primary N) is 1. The molecule has 0 fully saturated rings. The summed E-state index contributed by atoms with van der Waals surface area (Å²) in [6.07, 6.45) is -4.77. The standard InChI is InChI=1S/C15H14F3NO2/c1-10-8-12(7-6-11(10)9-19)20-13-4-2-3-5-14(13)21-15(16,17)18/h2-8H,9,19H2,1H3. The lowest BCUT2D eigenvalue weighted by Crippen LogP contribution is -2.17. The Labute approximate surface area is 120 Å². The van der Waals surface area contributed by atoms with Crippen LogP contribution in [0, 0.1) is 6.92 Å². The van der Waals surface area contributed by atoms with Crippen molar-refractivity contribution < 1.29 is 22.6 Å². The molecule has 112 valence electrons. The van der Waals surface area contributed by atoms with Gasteiger partial charge in [0.2, 0.25) is 0 Å². The molecule has 3 nitrogen and oxygen atoms in total. The topological polar surface area (TPSA) is 44.5 Å². The molecular formula is C15H14F3NO2. The van der Waals surface area contributed by atoms with Crippen LogP contribution in [0.1, 0.15) is 11.1 Å². The summed E-state index contributed by atoms with van der Waals surface area (Å²) >= 11 is 0. The highest BCUT2D eigenvalue weighted by Crippen LogP contribution is 2.35. The molecule has 0 unspecified atom stereocenters. The fourth-order valence-corrected chi connectivity index (χ4v) is 1.83. The lowest BCUT2D eigenvalue weighted by molar-refractivity contribution is -0.275. The van der Waals surface area contributed by atoms with Crippen LogP contribution in [0.3, 0.4) is 0 Å². The highest BCUT2D eigenvalue weighted by molar-refractivity contribution is 5.44. The Morgan fingerprint density at radius 1 is 1.05 bits per heavy atom. The smallest absolute Gasteiger partial charge is 0.453 e. The Balaban J connectivity index is 2.25. The first-order valence-electron chi connectivity index (χ1n) is 6.21. The Bertz CT molecular complexity index is 627. The average Bonchev–Trinajstić information content (AvgIpc) is 2.40. The molecule has 6 heteroatoms. The van der Waals surface area contributed by atoms with Gasteiger partial charge in [0.25, 0.3) is 0 Å². The van der Waals surface area contributed by atoms with E-state index < -0.39 is 6.36 Å². The Morgan fingerprint density at radius 2 is 1.71 bits per heavy atom. The second-order valence-electron chi connectivity index (χ2n) is 4.39. The minimum atomic E-state index is -4.77. The molecule has 0 aliphatic carbocycles. The summed E-state index contributed by atoms with van der Waals surface area (Å²) in [6, 6.07) is 10.8. The number of hydrogen-bond acceptors (Lipinski definition) is 3. The quantitative estimate of drug-likeness (QED) is 0.922. The number of ether oxygens (including phenoxy) is 2. The zero-order chi connectivity index (χ0) is 15.5. The van der Waals surface area contributed by atoms with Crippen molar-refractivity contribution in [2.24, 2.45) is 5.73 Å². The Hall–Kier alpha value is -2.21. The molecule has 0 heterocycles. The monoisotopic (exact) mass is 297 g/mol. The van der Waals surface area contributed by atoms with E-state index in [1.165, 1.54) is 18.2 Å². The van der Waals surface area contributed by atoms with E-state index in [0.29, 0.717) is 12.3 Å². The molecule has 0 amide bonds. The number of alkyl halides is 3. The molecule has 2 rings (SSSR count). The third-order valence-corrected chi connectivity index (χ3v) is 2.84. The molecule has 0 saturated carbocycles. The lowest BCUT2D eigenvalue weighted by atomic mass is 10.1. The first-order valence-corrected chi connectivity index (χ1v) is 6.21. The van der Waals surface area contributed by atoms with Crippen LogP contribution >= 0.6 is 0 Å². The predicted octanol–water partition coefficient (Wildman–Crippen LogP) is 4.14. The number of rotatable bonds is 4. The van der Waals surface area contributed by atoms with Gasteiger partial charge in [0.15, 0.2) is 11.5 Å². The van der Waals surface area contributed by atoms with Crippen molar-refractivity contribution in [3.63, 3.8) is 0 Å². The summed E-state index contributed by atoms with van der Waals surface area (Å²) in [5, 5.41) is 0. The highest BCUT2D eigenvalue weighted by Gasteiger charge is 2.32. The van der Waals surface area contributed by atoms with Crippen molar-refractivity contribution in [2.45, 2.75) is 19.8 Å². The molecule has 0 saturated heterocycles. The Morgan fingerprint density at radius 3 is 2.29 bits per heavy atom. The van der Waals surface area contributed by atoms with E-state index in [9.17, 15) is 13.2 Å². The van der Waals surface area contributed by atoms with Crippen molar-refractivity contribution in [3.05, 3.63) is 53.6 Å². The first-order chi connectivity index (χ1) is 9.89. The van der Waals surface area contributed by atoms with Gasteiger partial charge in [0.1, 0.15) is 5.75 Å². The maximum Gasteiger partial charge on any atom is 0.573 e. The maximum absolute atomic E-state index is 12.3. The summed E-state index contributed by atoms with van der Waals surface area (Å²) in [5.41, 5.74) is 7.41. The van der Waals surface area contributed by atoms with Gasteiger partial charge in [0, 0.05) is 6.54 Å². The summed E-state index contributed by atoms with van der Waals surface area (Å²) in [6.45, 7) is 2.24. The number of benzene rings is 2. The van der Waals surface area contributed by atoms with Crippen molar-refractivity contribution >= 4 is 0 Å². The number of hydrogen-bond donors (Lipinski definition) is 1. The van der Waals surface area contributed by atoms with Crippen LogP contribution < -0.4 is 15.2 Å². The van der Waals surface area contributed by atoms with Crippen LogP contribution in [-0.2, 0) is 6.54 Å². The third-order valence-electron chi connectivity index (χ3n) is 2.84. The third kappa shape index (κ3) is 4.13. The van der Waals surface area contributed by atoms with E-state index in [-0.39, 0.29) is 11.5 Å². The van der Waals surface area contributed by atoms with E-state index in [1.807, 2.05) is 6.92 Å². The van der Waals surface area contributed by atoms with Gasteiger partial charge < -0.3 is 15.2 Å². The van der Waals surface area contributed by atoms with Crippen LogP contribution in [0.4, 0.5) is 13.2 Å². The minimum Gasteiger partial charge on any atom is -0.453 e. The lowest BCUT2D eigenvalue weighted by Gasteiger charge is -2.14. The van der Waals surface area contributed by atoms with E-state index in [0.717, 1.165) is 11.1 Å². The normalized spacial score (nSPS) is 11.3. The molecule has 2 aromatic rings. The van der Waals surface area contributed by atoms with Gasteiger partial charge in [-0.25, -0.2) is 0 Å². The summed E-state index contributed by atoms with van der Waals surface area (Å²) in [7, 11) is 0. The van der Waals surface area contributed by atoms with E-state index >= 15 is 0 Å². The molecule has 0 aliphatic rings. The number of para-hydroxylation sites is 2. The van der Waals surface area contributed by atoms with Crippen LogP contribution in [0.5, 0.6) is 17.2 Å². The molecule has 0 spiro atoms. The number of aryl methyl sites for hydroxylation is 1. The zero-order valence-corrected chi connectivity index (χ0v) is 11.3. The van der Waals surface area contributed by atoms with Gasteiger partial charge in [-0.2, -0.15) is 0 Å². The second kappa shape index (κ2) is 6.05. The van der Waals surface area contributed by atoms with E-state index in [2.05, 4.69) is 4.74 Å². The molecular weight excluding hydrogens is 283 g/mol. The molecule has 2 aromatic carbocycles. The molecule has 0 bridgehead atoms. The SMILES string of the molecule is Cc1cc(Oc2ccccc2OC(F)(F)F)ccc1CN. The van der Waals surface area contributed by atoms with Gasteiger partial charge in [-0.1, -0.05) is 18.2 Å². The van der Waals surface area contributed by atoms with E-state index in [4.69, 9.17) is 10.5 Å². The van der Waals surface area contributed by atoms with Crippen molar-refractivity contribution in [2.75, 3.05) is 0 Å². The van der Waals surface area contributed by atoms with Crippen molar-refractivity contribution in [1.29, 1.82) is 0 Å². The van der Waals surface area contributed by atoms with Gasteiger partial charge in [-0.15, -0.1) is 13.2 Å². The molecule has 0 atom stereocenters. The van der Waals surface area contributed by atoms with Crippen LogP contribution in [-0.4, -0.2) is 6.36 Å². The van der Waals surface area contributed by atoms with Crippen molar-refractivity contribution in [3.8, 4) is 17.2 Å². The largest absolute Gasteiger partial charge is 0.573 e. The predicted molar refractivity (Wildman–Crippen MR) is 72.3 cm³/mol. The molecule has 0 aromatic heterocycles. The van der Waals surface area contributed by atoms with Gasteiger partial charge >= 0.3 is 6.36 Å². The second-order valence-corrected chi connectivity index (χ2v) is 4.39. The number of halogens is 3. The fourth-order valence-electron chi connectivity index (χ4n) is 1.83. The molecule has 0 aliphatic heterocycles. The molecule has 21 heavy (non-hydrogen) atoms. The maximum atomic E-state index is 12.3. The summed E-state index contributed by atoms with van der Waals surface area (Å²) in [4.78, 5) is 0. The fraction of sp³-hybridized carbons (Fsp3) is 0.200. The van der Waals surface area contributed by atoms with Crippen LogP contribution in [0.15, 0.2) is 42.5 Å². The summed E-state index contributed by atoms with van der Waals surface area (Å²) < 4.78 is 46.4. The molecule has 2 N–H and O–H groups in total. The first kappa shape index (κ1) is 15.2. The summed E-state index contributed by atoms with van der Waals surface area (Å²) in [5.74, 6) is 0.0307. The van der Waals surface area contributed by atoms with Crippen LogP contribution in [0.25, 0.3) is 0 Å². The van der Waals surface area contributed by atoms with Gasteiger partial charge in [-0.3, -0.25) is 0 Å². The Kier molecular flexibility index (Phi) is 4.37. The van der Waals surface area contributed by atoms with Crippen molar-refractivity contribution in [1.82, 2.24) is 0 Å². The van der Waals surface area contributed by atoms with Gasteiger partial charge in [0.05, 0.1) is 0 Å². The average molecular weight is 297 g/mol. The minimum absolute atomic E-state index is 0.00489. The molecule has 0 radical (unpaired) electrons. The zero-order valence-electron chi connectivity index (χ0n) is 11.3.